The van der Waals surface area contributed by atoms with Gasteiger partial charge in [-0.15, -0.1) is 0 Å². The molecule has 0 saturated heterocycles. The van der Waals surface area contributed by atoms with Gasteiger partial charge in [-0.3, -0.25) is 0 Å². The first-order valence-corrected chi connectivity index (χ1v) is 3.56. The summed E-state index contributed by atoms with van der Waals surface area (Å²) in [5.41, 5.74) is 2.22. The molecule has 0 radical (unpaired) electrons. The van der Waals surface area contributed by atoms with E-state index in [1.165, 1.54) is 0 Å². The number of nitrogens with zero attached hydrogens (tertiary/aromatic N) is 1. The highest BCUT2D eigenvalue weighted by Crippen LogP contribution is 2.25. The third kappa shape index (κ3) is 0.745. The molecular formula is C8H6ClN. The molecule has 0 fully saturated rings. The van der Waals surface area contributed by atoms with Gasteiger partial charge < -0.3 is 0 Å². The first-order valence-electron chi connectivity index (χ1n) is 3.19. The zero-order chi connectivity index (χ0) is 6.97. The summed E-state index contributed by atoms with van der Waals surface area (Å²) in [6, 6.07) is 0. The molecule has 2 aliphatic rings. The molecule has 0 atom stereocenters. The minimum absolute atomic E-state index is 0.624. The van der Waals surface area contributed by atoms with E-state index in [4.69, 9.17) is 11.6 Å². The topological polar surface area (TPSA) is 12.4 Å². The number of rotatable bonds is 0. The van der Waals surface area contributed by atoms with Crippen LogP contribution in [0.15, 0.2) is 40.6 Å². The lowest BCUT2D eigenvalue weighted by Crippen LogP contribution is -1.93. The van der Waals surface area contributed by atoms with Crippen LogP contribution in [-0.4, -0.2) is 5.17 Å². The molecule has 2 heteroatoms. The van der Waals surface area contributed by atoms with Crippen molar-refractivity contribution in [2.45, 2.75) is 6.42 Å². The van der Waals surface area contributed by atoms with Crippen molar-refractivity contribution in [3.8, 4) is 0 Å². The number of hydrogen-bond donors (Lipinski definition) is 0. The molecule has 1 heterocycles. The lowest BCUT2D eigenvalue weighted by Gasteiger charge is -2.02. The third-order valence-electron chi connectivity index (χ3n) is 1.61. The Labute approximate surface area is 64.4 Å². The van der Waals surface area contributed by atoms with E-state index in [0.29, 0.717) is 5.17 Å². The predicted octanol–water partition coefficient (Wildman–Crippen LogP) is 2.41. The molecular weight excluding hydrogens is 146 g/mol. The molecule has 2 rings (SSSR count). The van der Waals surface area contributed by atoms with Gasteiger partial charge in [0, 0.05) is 17.3 Å². The fourth-order valence-corrected chi connectivity index (χ4v) is 1.34. The van der Waals surface area contributed by atoms with E-state index < -0.39 is 0 Å². The highest BCUT2D eigenvalue weighted by Gasteiger charge is 2.14. The predicted molar refractivity (Wildman–Crippen MR) is 43.2 cm³/mol. The highest BCUT2D eigenvalue weighted by atomic mass is 35.5. The van der Waals surface area contributed by atoms with Crippen LogP contribution in [0.2, 0.25) is 0 Å². The molecule has 0 aromatic rings. The maximum Gasteiger partial charge on any atom is 0.136 e. The number of aliphatic imine (C=N–C) groups is 1. The first-order chi connectivity index (χ1) is 4.88. The Morgan fingerprint density at radius 1 is 1.50 bits per heavy atom. The van der Waals surface area contributed by atoms with E-state index in [1.807, 2.05) is 6.08 Å². The molecule has 10 heavy (non-hydrogen) atoms. The maximum atomic E-state index is 5.78. The van der Waals surface area contributed by atoms with E-state index in [-0.39, 0.29) is 0 Å². The second-order valence-electron chi connectivity index (χ2n) is 2.26. The van der Waals surface area contributed by atoms with Crippen molar-refractivity contribution in [2.24, 2.45) is 4.99 Å². The smallest absolute Gasteiger partial charge is 0.136 e. The van der Waals surface area contributed by atoms with Crippen LogP contribution in [0, 0.1) is 0 Å². The van der Waals surface area contributed by atoms with Crippen LogP contribution < -0.4 is 0 Å². The van der Waals surface area contributed by atoms with Crippen LogP contribution in [0.1, 0.15) is 6.42 Å². The molecule has 0 amide bonds. The van der Waals surface area contributed by atoms with Gasteiger partial charge in [-0.1, -0.05) is 29.8 Å². The van der Waals surface area contributed by atoms with Crippen molar-refractivity contribution in [1.82, 2.24) is 0 Å². The van der Waals surface area contributed by atoms with Crippen LogP contribution in [-0.2, 0) is 0 Å². The Morgan fingerprint density at radius 3 is 3.20 bits per heavy atom. The Kier molecular flexibility index (Phi) is 1.24. The van der Waals surface area contributed by atoms with Gasteiger partial charge in [0.1, 0.15) is 5.17 Å². The number of fused-ring (bicyclic) bond motifs is 1. The normalized spacial score (nSPS) is 21.5. The summed E-state index contributed by atoms with van der Waals surface area (Å²) in [6.45, 7) is 0. The summed E-state index contributed by atoms with van der Waals surface area (Å²) in [5, 5.41) is 0.624. The summed E-state index contributed by atoms with van der Waals surface area (Å²) in [6.07, 6.45) is 9.00. The second kappa shape index (κ2) is 2.10. The summed E-state index contributed by atoms with van der Waals surface area (Å²) < 4.78 is 0. The maximum absolute atomic E-state index is 5.78. The largest absolute Gasteiger partial charge is 0.243 e. The minimum atomic E-state index is 0.624. The lowest BCUT2D eigenvalue weighted by molar-refractivity contribution is 1.32. The van der Waals surface area contributed by atoms with Gasteiger partial charge in [-0.25, -0.2) is 4.99 Å². The zero-order valence-electron chi connectivity index (χ0n) is 5.34. The molecule has 0 aromatic heterocycles. The number of hydrogen-bond acceptors (Lipinski definition) is 1. The standard InChI is InChI=1S/C8H6ClN/c9-8-7-4-2-1-3-6(7)5-10-8/h1,3-5H,2H2. The van der Waals surface area contributed by atoms with Crippen molar-refractivity contribution < 1.29 is 0 Å². The van der Waals surface area contributed by atoms with Gasteiger partial charge in [0.25, 0.3) is 0 Å². The molecule has 1 nitrogen and oxygen atoms in total. The minimum Gasteiger partial charge on any atom is -0.243 e. The fourth-order valence-electron chi connectivity index (χ4n) is 1.10. The van der Waals surface area contributed by atoms with Crippen LogP contribution in [0.3, 0.4) is 0 Å². The summed E-state index contributed by atoms with van der Waals surface area (Å²) in [7, 11) is 0. The molecule has 0 saturated carbocycles. The van der Waals surface area contributed by atoms with Crippen molar-refractivity contribution >= 4 is 16.8 Å². The van der Waals surface area contributed by atoms with Crippen molar-refractivity contribution in [3.05, 3.63) is 35.6 Å². The van der Waals surface area contributed by atoms with Gasteiger partial charge in [0.2, 0.25) is 0 Å². The zero-order valence-corrected chi connectivity index (χ0v) is 6.10. The van der Waals surface area contributed by atoms with Crippen LogP contribution >= 0.6 is 11.6 Å². The Balaban J connectivity index is 2.45. The quantitative estimate of drug-likeness (QED) is 0.504. The van der Waals surface area contributed by atoms with Crippen LogP contribution in [0.4, 0.5) is 0 Å². The molecule has 0 unspecified atom stereocenters. The Hall–Kier alpha value is -0.820. The highest BCUT2D eigenvalue weighted by molar-refractivity contribution is 6.70. The van der Waals surface area contributed by atoms with E-state index in [1.54, 1.807) is 6.20 Å². The third-order valence-corrected chi connectivity index (χ3v) is 1.91. The first kappa shape index (κ1) is 5.93. The second-order valence-corrected chi connectivity index (χ2v) is 2.62. The van der Waals surface area contributed by atoms with E-state index in [2.05, 4.69) is 17.1 Å². The summed E-state index contributed by atoms with van der Waals surface area (Å²) in [4.78, 5) is 3.98. The van der Waals surface area contributed by atoms with Gasteiger partial charge >= 0.3 is 0 Å². The molecule has 1 aliphatic heterocycles. The molecule has 0 spiro atoms. The van der Waals surface area contributed by atoms with Crippen molar-refractivity contribution in [2.75, 3.05) is 0 Å². The van der Waals surface area contributed by atoms with Crippen LogP contribution in [0.25, 0.3) is 0 Å². The average molecular weight is 152 g/mol. The van der Waals surface area contributed by atoms with E-state index >= 15 is 0 Å². The van der Waals surface area contributed by atoms with Crippen molar-refractivity contribution in [1.29, 1.82) is 0 Å². The van der Waals surface area contributed by atoms with Gasteiger partial charge in [-0.2, -0.15) is 0 Å². The summed E-state index contributed by atoms with van der Waals surface area (Å²) in [5.74, 6) is 0. The molecule has 0 N–H and O–H groups in total. The van der Waals surface area contributed by atoms with Crippen molar-refractivity contribution in [3.63, 3.8) is 0 Å². The number of allylic oxidation sites excluding steroid dienone is 5. The summed E-state index contributed by atoms with van der Waals surface area (Å²) >= 11 is 5.78. The van der Waals surface area contributed by atoms with E-state index in [9.17, 15) is 0 Å². The molecule has 0 aromatic carbocycles. The monoisotopic (exact) mass is 151 g/mol. The van der Waals surface area contributed by atoms with Crippen LogP contribution in [0.5, 0.6) is 0 Å². The van der Waals surface area contributed by atoms with E-state index in [0.717, 1.165) is 17.6 Å². The van der Waals surface area contributed by atoms with Gasteiger partial charge in [0.15, 0.2) is 0 Å². The van der Waals surface area contributed by atoms with Gasteiger partial charge in [0.05, 0.1) is 0 Å². The Morgan fingerprint density at radius 2 is 2.40 bits per heavy atom. The Bertz CT molecular complexity index is 282. The number of halogens is 1. The molecule has 50 valence electrons. The molecule has 1 aliphatic carbocycles. The lowest BCUT2D eigenvalue weighted by atomic mass is 10.0. The fraction of sp³-hybridized carbons (Fsp3) is 0.125. The van der Waals surface area contributed by atoms with Gasteiger partial charge in [-0.05, 0) is 6.42 Å². The average Bonchev–Trinajstić information content (AvgIpc) is 2.34. The molecule has 0 bridgehead atoms. The SMILES string of the molecule is ClC1=NC=C2C=CCC=C21.